The van der Waals surface area contributed by atoms with E-state index in [9.17, 15) is 14.4 Å². The van der Waals surface area contributed by atoms with Crippen LogP contribution in [-0.4, -0.2) is 35.9 Å². The Morgan fingerprint density at radius 1 is 1.42 bits per heavy atom. The van der Waals surface area contributed by atoms with Gasteiger partial charge in [-0.25, -0.2) is 0 Å². The number of aromatic nitrogens is 1. The van der Waals surface area contributed by atoms with Crippen molar-refractivity contribution in [2.45, 2.75) is 59.0 Å². The molecule has 0 aromatic carbocycles. The highest BCUT2D eigenvalue weighted by Gasteiger charge is 2.47. The number of methoxy groups -OCH3 is 1. The van der Waals surface area contributed by atoms with Crippen molar-refractivity contribution in [3.8, 4) is 0 Å². The van der Waals surface area contributed by atoms with Gasteiger partial charge < -0.3 is 14.5 Å². The van der Waals surface area contributed by atoms with Gasteiger partial charge in [-0.1, -0.05) is 19.4 Å². The van der Waals surface area contributed by atoms with Crippen LogP contribution in [0.15, 0.2) is 12.7 Å². The molecule has 2 heterocycles. The second-order valence-electron chi connectivity index (χ2n) is 7.10. The topological polar surface area (TPSA) is 85.5 Å². The van der Waals surface area contributed by atoms with Gasteiger partial charge in [0.2, 0.25) is 5.78 Å². The number of rotatable bonds is 8. The SMILES string of the molecule is C=CC[C@@]1(C)C[C@@H](C(=O)c2[nH]c(C)c(CC(=O)OC)c2CCC)OC1=O. The first-order valence-electron chi connectivity index (χ1n) is 8.90. The number of nitrogens with one attached hydrogen (secondary N) is 1. The second-order valence-corrected chi connectivity index (χ2v) is 7.10. The fourth-order valence-electron chi connectivity index (χ4n) is 3.51. The summed E-state index contributed by atoms with van der Waals surface area (Å²) in [4.78, 5) is 40.1. The molecule has 6 nitrogen and oxygen atoms in total. The van der Waals surface area contributed by atoms with E-state index in [0.717, 1.165) is 23.2 Å². The van der Waals surface area contributed by atoms with Crippen LogP contribution in [-0.2, 0) is 31.9 Å². The van der Waals surface area contributed by atoms with Crippen molar-refractivity contribution in [1.82, 2.24) is 4.98 Å². The highest BCUT2D eigenvalue weighted by molar-refractivity contribution is 6.02. The van der Waals surface area contributed by atoms with E-state index in [2.05, 4.69) is 11.6 Å². The average Bonchev–Trinajstić information content (AvgIpc) is 3.06. The highest BCUT2D eigenvalue weighted by Crippen LogP contribution is 2.38. The lowest BCUT2D eigenvalue weighted by molar-refractivity contribution is -0.147. The molecule has 2 atom stereocenters. The number of hydrogen-bond donors (Lipinski definition) is 1. The van der Waals surface area contributed by atoms with E-state index < -0.39 is 11.5 Å². The van der Waals surface area contributed by atoms with Crippen molar-refractivity contribution in [1.29, 1.82) is 0 Å². The number of ether oxygens (including phenoxy) is 2. The third kappa shape index (κ3) is 3.74. The van der Waals surface area contributed by atoms with Crippen LogP contribution in [0, 0.1) is 12.3 Å². The molecule has 1 fully saturated rings. The van der Waals surface area contributed by atoms with Crippen molar-refractivity contribution >= 4 is 17.7 Å². The minimum atomic E-state index is -0.813. The predicted octanol–water partition coefficient (Wildman–Crippen LogP) is 3.07. The zero-order valence-corrected chi connectivity index (χ0v) is 15.9. The molecule has 0 amide bonds. The Morgan fingerprint density at radius 2 is 2.12 bits per heavy atom. The smallest absolute Gasteiger partial charge is 0.312 e. The van der Waals surface area contributed by atoms with Crippen LogP contribution in [0.1, 0.15) is 60.4 Å². The van der Waals surface area contributed by atoms with Crippen molar-refractivity contribution in [3.63, 3.8) is 0 Å². The first-order valence-corrected chi connectivity index (χ1v) is 8.90. The Morgan fingerprint density at radius 3 is 2.69 bits per heavy atom. The number of carbonyl (C=O) groups is 3. The summed E-state index contributed by atoms with van der Waals surface area (Å²) in [6, 6.07) is 0. The zero-order valence-electron chi connectivity index (χ0n) is 15.9. The molecule has 1 aliphatic heterocycles. The molecule has 1 aromatic heterocycles. The number of aromatic amines is 1. The molecule has 0 saturated carbocycles. The number of H-pyrrole nitrogens is 1. The van der Waals surface area contributed by atoms with E-state index in [1.165, 1.54) is 7.11 Å². The van der Waals surface area contributed by atoms with Gasteiger partial charge in [-0.3, -0.25) is 14.4 Å². The first kappa shape index (κ1) is 19.9. The van der Waals surface area contributed by atoms with Gasteiger partial charge in [0.05, 0.1) is 24.6 Å². The Bertz CT molecular complexity index is 733. The van der Waals surface area contributed by atoms with Crippen molar-refractivity contribution in [3.05, 3.63) is 35.2 Å². The largest absolute Gasteiger partial charge is 0.469 e. The number of ketones is 1. The van der Waals surface area contributed by atoms with E-state index in [-0.39, 0.29) is 24.1 Å². The van der Waals surface area contributed by atoms with Gasteiger partial charge in [-0.15, -0.1) is 6.58 Å². The molecule has 1 aromatic rings. The van der Waals surface area contributed by atoms with Gasteiger partial charge in [0.15, 0.2) is 6.10 Å². The fourth-order valence-corrected chi connectivity index (χ4v) is 3.51. The van der Waals surface area contributed by atoms with Gasteiger partial charge in [-0.05, 0) is 37.8 Å². The summed E-state index contributed by atoms with van der Waals surface area (Å²) >= 11 is 0. The second kappa shape index (κ2) is 7.89. The maximum absolute atomic E-state index is 13.1. The molecule has 0 bridgehead atoms. The summed E-state index contributed by atoms with van der Waals surface area (Å²) in [5, 5.41) is 0. The Balaban J connectivity index is 2.34. The van der Waals surface area contributed by atoms with Crippen LogP contribution >= 0.6 is 0 Å². The van der Waals surface area contributed by atoms with Crippen molar-refractivity contribution < 1.29 is 23.9 Å². The van der Waals surface area contributed by atoms with E-state index in [4.69, 9.17) is 9.47 Å². The van der Waals surface area contributed by atoms with Crippen molar-refractivity contribution in [2.24, 2.45) is 5.41 Å². The maximum Gasteiger partial charge on any atom is 0.312 e. The first-order chi connectivity index (χ1) is 12.3. The van der Waals surface area contributed by atoms with E-state index in [1.54, 1.807) is 13.0 Å². The van der Waals surface area contributed by atoms with Gasteiger partial charge >= 0.3 is 11.9 Å². The third-order valence-electron chi connectivity index (χ3n) is 4.99. The molecule has 1 saturated heterocycles. The molecule has 2 rings (SSSR count). The van der Waals surface area contributed by atoms with Crippen LogP contribution in [0.2, 0.25) is 0 Å². The van der Waals surface area contributed by atoms with E-state index in [0.29, 0.717) is 25.0 Å². The molecular weight excluding hydrogens is 334 g/mol. The number of allylic oxidation sites excluding steroid dienone is 1. The van der Waals surface area contributed by atoms with Crippen LogP contribution in [0.3, 0.4) is 0 Å². The maximum atomic E-state index is 13.1. The molecule has 0 aliphatic carbocycles. The Labute approximate surface area is 153 Å². The van der Waals surface area contributed by atoms with E-state index in [1.807, 2.05) is 13.8 Å². The summed E-state index contributed by atoms with van der Waals surface area (Å²) in [6.45, 7) is 9.31. The molecule has 0 unspecified atom stereocenters. The summed E-state index contributed by atoms with van der Waals surface area (Å²) in [5.41, 5.74) is 2.09. The molecule has 0 radical (unpaired) electrons. The highest BCUT2D eigenvalue weighted by atomic mass is 16.6. The number of aryl methyl sites for hydroxylation is 1. The predicted molar refractivity (Wildman–Crippen MR) is 97.0 cm³/mol. The summed E-state index contributed by atoms with van der Waals surface area (Å²) in [6.07, 6.45) is 3.24. The summed E-state index contributed by atoms with van der Waals surface area (Å²) in [5.74, 6) is -0.964. The zero-order chi connectivity index (χ0) is 19.5. The van der Waals surface area contributed by atoms with Crippen LogP contribution in [0.5, 0.6) is 0 Å². The Kier molecular flexibility index (Phi) is 6.05. The lowest BCUT2D eigenvalue weighted by atomic mass is 9.82. The minimum absolute atomic E-state index is 0.111. The Hall–Kier alpha value is -2.37. The molecular formula is C20H27NO5. The summed E-state index contributed by atoms with van der Waals surface area (Å²) in [7, 11) is 1.34. The van der Waals surface area contributed by atoms with Crippen LogP contribution in [0.4, 0.5) is 0 Å². The normalized spacial score (nSPS) is 22.2. The van der Waals surface area contributed by atoms with E-state index >= 15 is 0 Å². The van der Waals surface area contributed by atoms with Gasteiger partial charge in [-0.2, -0.15) is 0 Å². The van der Waals surface area contributed by atoms with Gasteiger partial charge in [0.25, 0.3) is 0 Å². The van der Waals surface area contributed by atoms with Gasteiger partial charge in [0, 0.05) is 12.1 Å². The average molecular weight is 361 g/mol. The monoisotopic (exact) mass is 361 g/mol. The number of carbonyl (C=O) groups excluding carboxylic acids is 3. The molecule has 1 N–H and O–H groups in total. The number of hydrogen-bond acceptors (Lipinski definition) is 5. The molecule has 1 aliphatic rings. The quantitative estimate of drug-likeness (QED) is 0.437. The number of esters is 2. The van der Waals surface area contributed by atoms with Crippen molar-refractivity contribution in [2.75, 3.05) is 7.11 Å². The van der Waals surface area contributed by atoms with Gasteiger partial charge in [0.1, 0.15) is 0 Å². The van der Waals surface area contributed by atoms with Crippen LogP contribution < -0.4 is 0 Å². The molecule has 6 heteroatoms. The molecule has 142 valence electrons. The lowest BCUT2D eigenvalue weighted by Gasteiger charge is -2.15. The molecule has 26 heavy (non-hydrogen) atoms. The van der Waals surface area contributed by atoms with Crippen LogP contribution in [0.25, 0.3) is 0 Å². The third-order valence-corrected chi connectivity index (χ3v) is 4.99. The summed E-state index contributed by atoms with van der Waals surface area (Å²) < 4.78 is 10.1. The minimum Gasteiger partial charge on any atom is -0.469 e. The number of cyclic esters (lactones) is 1. The standard InChI is InChI=1S/C20H27NO5/c1-6-8-13-14(10-16(22)25-5)12(3)21-17(13)18(23)15-11-20(4,9-7-2)19(24)26-15/h7,15,21H,2,6,8-11H2,1,3-5H3/t15-,20-/m0/s1. The number of Topliss-reactive ketones (excluding diaryl/α,β-unsaturated/α-hetero) is 1. The molecule has 0 spiro atoms. The lowest BCUT2D eigenvalue weighted by Crippen LogP contribution is -2.23. The fraction of sp³-hybridized carbons (Fsp3) is 0.550.